The molecule has 0 aliphatic heterocycles. The van der Waals surface area contributed by atoms with Crippen LogP contribution in [0.4, 0.5) is 0 Å². The topological polar surface area (TPSA) is 92.0 Å². The summed E-state index contributed by atoms with van der Waals surface area (Å²) >= 11 is -1.07. The van der Waals surface area contributed by atoms with Crippen molar-refractivity contribution < 1.29 is 4.55 Å². The number of nitrogens with one attached hydrogen (secondary N) is 2. The molecular weight excluding hydrogens is 386 g/mol. The lowest BCUT2D eigenvalue weighted by atomic mass is 10.2. The van der Waals surface area contributed by atoms with Gasteiger partial charge in [0.1, 0.15) is 16.5 Å². The maximum atomic E-state index is 12.4. The number of aromatic nitrogens is 2. The number of H-pyrrole nitrogens is 2. The average molecular weight is 410 g/mol. The standard InChI is InChI=1S/C22H23N3O3S/c1-25(2)12-13-29(28)18-10-8-17(9-11-18)15-20-22(27)23-19(21(26)24-20)14-16-6-4-3-5-7-16/h3-11,14-15H,12-13H2,1-2H3,(H,23,27)(H,24,26)/b19-14-,20-15-. The van der Waals surface area contributed by atoms with Gasteiger partial charge in [-0.05, 0) is 72.8 Å². The molecule has 29 heavy (non-hydrogen) atoms. The van der Waals surface area contributed by atoms with Crippen LogP contribution in [0.15, 0.2) is 69.1 Å². The Balaban J connectivity index is 1.87. The molecule has 2 N–H and O–H groups in total. The monoisotopic (exact) mass is 409 g/mol. The van der Waals surface area contributed by atoms with Crippen LogP contribution in [0.25, 0.3) is 12.2 Å². The maximum absolute atomic E-state index is 12.4. The molecule has 1 aromatic heterocycles. The third kappa shape index (κ3) is 5.80. The zero-order valence-electron chi connectivity index (χ0n) is 16.3. The molecule has 1 atom stereocenters. The van der Waals surface area contributed by atoms with Crippen LogP contribution in [0.5, 0.6) is 0 Å². The van der Waals surface area contributed by atoms with Crippen molar-refractivity contribution in [3.63, 3.8) is 0 Å². The van der Waals surface area contributed by atoms with Crippen LogP contribution in [0.2, 0.25) is 0 Å². The van der Waals surface area contributed by atoms with Crippen LogP contribution in [0.3, 0.4) is 0 Å². The van der Waals surface area contributed by atoms with E-state index in [2.05, 4.69) is 9.97 Å². The van der Waals surface area contributed by atoms with Crippen LogP contribution in [-0.2, 0) is 11.2 Å². The first-order chi connectivity index (χ1) is 13.9. The predicted molar refractivity (Wildman–Crippen MR) is 117 cm³/mol. The van der Waals surface area contributed by atoms with Crippen molar-refractivity contribution in [2.24, 2.45) is 0 Å². The lowest BCUT2D eigenvalue weighted by molar-refractivity contribution is 0.432. The molecule has 150 valence electrons. The third-order valence-electron chi connectivity index (χ3n) is 4.27. The first-order valence-corrected chi connectivity index (χ1v) is 10.5. The minimum atomic E-state index is -1.07. The average Bonchev–Trinajstić information content (AvgIpc) is 2.71. The number of hydrogen-bond acceptors (Lipinski definition) is 4. The minimum absolute atomic E-state index is 0.168. The second kappa shape index (κ2) is 9.56. The molecule has 7 heteroatoms. The summed E-state index contributed by atoms with van der Waals surface area (Å²) in [4.78, 5) is 32.7. The fraction of sp³-hybridized carbons (Fsp3) is 0.182. The highest BCUT2D eigenvalue weighted by Gasteiger charge is 2.10. The van der Waals surface area contributed by atoms with E-state index < -0.39 is 11.2 Å². The van der Waals surface area contributed by atoms with Crippen molar-refractivity contribution in [1.82, 2.24) is 14.9 Å². The van der Waals surface area contributed by atoms with Gasteiger partial charge in [-0.3, -0.25) is 9.59 Å². The number of rotatable bonds is 6. The molecule has 2 aromatic carbocycles. The van der Waals surface area contributed by atoms with Crippen LogP contribution in [0, 0.1) is 0 Å². The first kappa shape index (κ1) is 20.9. The van der Waals surface area contributed by atoms with Gasteiger partial charge >= 0.3 is 0 Å². The van der Waals surface area contributed by atoms with E-state index in [1.54, 1.807) is 36.4 Å². The SMILES string of the molecule is CN(C)CC[S+]([O-])c1ccc(/C=c2\[nH]c(=O)/c(=C/c3ccccc3)[nH]c2=O)cc1. The van der Waals surface area contributed by atoms with Crippen LogP contribution < -0.4 is 21.8 Å². The Bertz CT molecular complexity index is 1180. The van der Waals surface area contributed by atoms with Gasteiger partial charge in [-0.2, -0.15) is 0 Å². The normalized spacial score (nSPS) is 13.8. The van der Waals surface area contributed by atoms with E-state index >= 15 is 0 Å². The molecule has 0 fully saturated rings. The summed E-state index contributed by atoms with van der Waals surface area (Å²) in [5.41, 5.74) is 0.800. The van der Waals surface area contributed by atoms with Crippen molar-refractivity contribution >= 4 is 23.3 Å². The van der Waals surface area contributed by atoms with Crippen LogP contribution >= 0.6 is 0 Å². The quantitative estimate of drug-likeness (QED) is 0.576. The Hall–Kier alpha value is -2.87. The van der Waals surface area contributed by atoms with Crippen LogP contribution in [-0.4, -0.2) is 45.8 Å². The summed E-state index contributed by atoms with van der Waals surface area (Å²) in [6.07, 6.45) is 3.22. The van der Waals surface area contributed by atoms with Crippen molar-refractivity contribution in [1.29, 1.82) is 0 Å². The van der Waals surface area contributed by atoms with E-state index in [1.165, 1.54) is 0 Å². The van der Waals surface area contributed by atoms with Gasteiger partial charge in [0.15, 0.2) is 4.90 Å². The van der Waals surface area contributed by atoms with Crippen molar-refractivity contribution in [3.8, 4) is 0 Å². The zero-order chi connectivity index (χ0) is 20.8. The molecule has 3 rings (SSSR count). The summed E-state index contributed by atoms with van der Waals surface area (Å²) in [5, 5.41) is 0.367. The van der Waals surface area contributed by atoms with E-state index in [9.17, 15) is 14.1 Å². The van der Waals surface area contributed by atoms with Gasteiger partial charge in [-0.1, -0.05) is 30.3 Å². The molecule has 1 heterocycles. The number of hydrogen-bond donors (Lipinski definition) is 2. The highest BCUT2D eigenvalue weighted by molar-refractivity contribution is 7.91. The van der Waals surface area contributed by atoms with Gasteiger partial charge in [-0.25, -0.2) is 0 Å². The summed E-state index contributed by atoms with van der Waals surface area (Å²) in [7, 11) is 3.88. The number of nitrogens with zero attached hydrogens (tertiary/aromatic N) is 1. The molecule has 1 unspecified atom stereocenters. The molecule has 6 nitrogen and oxygen atoms in total. The number of benzene rings is 2. The van der Waals surface area contributed by atoms with Gasteiger partial charge in [0.2, 0.25) is 0 Å². The Morgan fingerprint density at radius 1 is 0.862 bits per heavy atom. The van der Waals surface area contributed by atoms with Gasteiger partial charge in [-0.15, -0.1) is 0 Å². The van der Waals surface area contributed by atoms with Crippen molar-refractivity contribution in [3.05, 3.63) is 97.1 Å². The Kier molecular flexibility index (Phi) is 6.87. The minimum Gasteiger partial charge on any atom is -0.611 e. The van der Waals surface area contributed by atoms with E-state index in [0.29, 0.717) is 5.75 Å². The van der Waals surface area contributed by atoms with E-state index in [4.69, 9.17) is 0 Å². The van der Waals surface area contributed by atoms with Crippen molar-refractivity contribution in [2.45, 2.75) is 4.90 Å². The Morgan fingerprint density at radius 3 is 1.90 bits per heavy atom. The van der Waals surface area contributed by atoms with Crippen LogP contribution in [0.1, 0.15) is 11.1 Å². The Morgan fingerprint density at radius 2 is 1.38 bits per heavy atom. The van der Waals surface area contributed by atoms with Gasteiger partial charge in [0, 0.05) is 6.54 Å². The third-order valence-corrected chi connectivity index (χ3v) is 5.63. The molecule has 0 aliphatic rings. The molecule has 0 saturated heterocycles. The lowest BCUT2D eigenvalue weighted by Crippen LogP contribution is -2.46. The molecule has 0 saturated carbocycles. The summed E-state index contributed by atoms with van der Waals surface area (Å²) in [5.74, 6) is 0.558. The molecule has 0 bridgehead atoms. The molecular formula is C22H23N3O3S. The maximum Gasteiger partial charge on any atom is 0.272 e. The van der Waals surface area contributed by atoms with E-state index in [1.807, 2.05) is 49.3 Å². The molecule has 0 aliphatic carbocycles. The summed E-state index contributed by atoms with van der Waals surface area (Å²) in [6, 6.07) is 16.4. The molecule has 0 spiro atoms. The highest BCUT2D eigenvalue weighted by atomic mass is 32.2. The molecule has 0 radical (unpaired) electrons. The smallest absolute Gasteiger partial charge is 0.272 e. The predicted octanol–water partition coefficient (Wildman–Crippen LogP) is 0.390. The lowest BCUT2D eigenvalue weighted by Gasteiger charge is -2.13. The van der Waals surface area contributed by atoms with Gasteiger partial charge in [0.25, 0.3) is 11.1 Å². The van der Waals surface area contributed by atoms with E-state index in [0.717, 1.165) is 22.6 Å². The highest BCUT2D eigenvalue weighted by Crippen LogP contribution is 2.12. The number of aromatic amines is 2. The van der Waals surface area contributed by atoms with Gasteiger partial charge in [0.05, 0.1) is 0 Å². The fourth-order valence-electron chi connectivity index (χ4n) is 2.68. The first-order valence-electron chi connectivity index (χ1n) is 9.17. The largest absolute Gasteiger partial charge is 0.611 e. The van der Waals surface area contributed by atoms with Crippen molar-refractivity contribution in [2.75, 3.05) is 26.4 Å². The molecule has 0 amide bonds. The summed E-state index contributed by atoms with van der Waals surface area (Å²) in [6.45, 7) is 0.740. The van der Waals surface area contributed by atoms with Gasteiger partial charge < -0.3 is 19.4 Å². The Labute approximate surface area is 171 Å². The second-order valence-electron chi connectivity index (χ2n) is 6.86. The fourth-order valence-corrected chi connectivity index (χ4v) is 3.88. The van der Waals surface area contributed by atoms with E-state index in [-0.39, 0.29) is 21.8 Å². The second-order valence-corrected chi connectivity index (χ2v) is 8.43. The molecule has 3 aromatic rings. The summed E-state index contributed by atoms with van der Waals surface area (Å²) < 4.78 is 12.3. The zero-order valence-corrected chi connectivity index (χ0v) is 17.2.